The van der Waals surface area contributed by atoms with Crippen molar-refractivity contribution in [2.75, 3.05) is 31.4 Å². The summed E-state index contributed by atoms with van der Waals surface area (Å²) in [4.78, 5) is 25.5. The molecule has 2 aromatic rings. The van der Waals surface area contributed by atoms with E-state index in [1.54, 1.807) is 19.2 Å². The van der Waals surface area contributed by atoms with Gasteiger partial charge < -0.3 is 20.1 Å². The summed E-state index contributed by atoms with van der Waals surface area (Å²) in [5.41, 5.74) is 7.84. The number of likely N-dealkylation sites (N-methyl/N-ethyl adjacent to an activating group) is 1. The Bertz CT molecular complexity index is 716. The van der Waals surface area contributed by atoms with Crippen molar-refractivity contribution in [3.8, 4) is 0 Å². The van der Waals surface area contributed by atoms with Crippen LogP contribution in [0.1, 0.15) is 15.9 Å². The summed E-state index contributed by atoms with van der Waals surface area (Å²) in [7, 11) is 2.85. The zero-order valence-corrected chi connectivity index (χ0v) is 13.7. The van der Waals surface area contributed by atoms with Gasteiger partial charge in [-0.1, -0.05) is 30.3 Å². The number of rotatable bonds is 6. The Hall–Kier alpha value is -2.86. The molecule has 0 bridgehead atoms. The Kier molecular flexibility index (Phi) is 5.92. The van der Waals surface area contributed by atoms with Crippen LogP contribution in [0.15, 0.2) is 48.5 Å². The monoisotopic (exact) mass is 328 g/mol. The number of methoxy groups -OCH3 is 1. The van der Waals surface area contributed by atoms with E-state index < -0.39 is 5.97 Å². The summed E-state index contributed by atoms with van der Waals surface area (Å²) >= 11 is 0. The van der Waals surface area contributed by atoms with Crippen LogP contribution < -0.4 is 10.6 Å². The Morgan fingerprint density at radius 1 is 1.12 bits per heavy atom. The van der Waals surface area contributed by atoms with E-state index in [9.17, 15) is 9.59 Å². The van der Waals surface area contributed by atoms with Crippen molar-refractivity contribution < 1.29 is 19.1 Å². The maximum atomic E-state index is 12.3. The molecule has 2 N–H and O–H groups in total. The molecule has 126 valence electrons. The third-order valence-corrected chi connectivity index (χ3v) is 3.50. The van der Waals surface area contributed by atoms with Crippen LogP contribution in [0.2, 0.25) is 0 Å². The van der Waals surface area contributed by atoms with Gasteiger partial charge in [-0.2, -0.15) is 0 Å². The average Bonchev–Trinajstić information content (AvgIpc) is 2.61. The molecule has 6 heteroatoms. The lowest BCUT2D eigenvalue weighted by Crippen LogP contribution is -2.31. The van der Waals surface area contributed by atoms with Crippen molar-refractivity contribution in [1.29, 1.82) is 0 Å². The number of benzene rings is 2. The highest BCUT2D eigenvalue weighted by Gasteiger charge is 2.19. The first-order valence-corrected chi connectivity index (χ1v) is 7.39. The maximum absolute atomic E-state index is 12.3. The fraction of sp³-hybridized carbons (Fsp3) is 0.222. The standard InChI is InChI=1S/C18H20N2O4/c1-20(16-10-14(19)8-9-15(16)18(22)23-2)17(21)12-24-11-13-6-4-3-5-7-13/h3-10H,11-12,19H2,1-2H3. The van der Waals surface area contributed by atoms with Gasteiger partial charge in [-0.25, -0.2) is 4.79 Å². The highest BCUT2D eigenvalue weighted by molar-refractivity contribution is 6.03. The molecular weight excluding hydrogens is 308 g/mol. The van der Waals surface area contributed by atoms with Crippen LogP contribution in [0.4, 0.5) is 11.4 Å². The molecule has 2 rings (SSSR count). The highest BCUT2D eigenvalue weighted by Crippen LogP contribution is 2.23. The lowest BCUT2D eigenvalue weighted by atomic mass is 10.1. The molecule has 0 radical (unpaired) electrons. The van der Waals surface area contributed by atoms with Crippen LogP contribution in [0.3, 0.4) is 0 Å². The van der Waals surface area contributed by atoms with Gasteiger partial charge in [0.2, 0.25) is 0 Å². The Labute approximate surface area is 140 Å². The van der Waals surface area contributed by atoms with Crippen LogP contribution in [0.25, 0.3) is 0 Å². The molecule has 24 heavy (non-hydrogen) atoms. The highest BCUT2D eigenvalue weighted by atomic mass is 16.5. The third-order valence-electron chi connectivity index (χ3n) is 3.50. The predicted octanol–water partition coefficient (Wildman–Crippen LogP) is 2.24. The fourth-order valence-electron chi connectivity index (χ4n) is 2.17. The number of hydrogen-bond acceptors (Lipinski definition) is 5. The van der Waals surface area contributed by atoms with Gasteiger partial charge in [0.15, 0.2) is 0 Å². The maximum Gasteiger partial charge on any atom is 0.339 e. The van der Waals surface area contributed by atoms with E-state index in [2.05, 4.69) is 0 Å². The quantitative estimate of drug-likeness (QED) is 0.649. The Balaban J connectivity index is 2.05. The first kappa shape index (κ1) is 17.5. The van der Waals surface area contributed by atoms with Gasteiger partial charge in [0.25, 0.3) is 5.91 Å². The Morgan fingerprint density at radius 3 is 2.50 bits per heavy atom. The topological polar surface area (TPSA) is 81.9 Å². The predicted molar refractivity (Wildman–Crippen MR) is 91.7 cm³/mol. The first-order valence-electron chi connectivity index (χ1n) is 7.39. The molecule has 1 amide bonds. The second-order valence-corrected chi connectivity index (χ2v) is 5.20. The molecule has 0 saturated carbocycles. The largest absolute Gasteiger partial charge is 0.465 e. The third kappa shape index (κ3) is 4.33. The van der Waals surface area contributed by atoms with Crippen LogP contribution in [0, 0.1) is 0 Å². The van der Waals surface area contributed by atoms with Crippen LogP contribution in [0.5, 0.6) is 0 Å². The molecule has 0 unspecified atom stereocenters. The van der Waals surface area contributed by atoms with E-state index in [1.807, 2.05) is 30.3 Å². The molecule has 0 aliphatic carbocycles. The van der Waals surface area contributed by atoms with Gasteiger partial charge in [0, 0.05) is 12.7 Å². The zero-order chi connectivity index (χ0) is 17.5. The number of carbonyl (C=O) groups is 2. The van der Waals surface area contributed by atoms with Crippen molar-refractivity contribution in [2.45, 2.75) is 6.61 Å². The lowest BCUT2D eigenvalue weighted by Gasteiger charge is -2.20. The van der Waals surface area contributed by atoms with Crippen molar-refractivity contribution in [2.24, 2.45) is 0 Å². The van der Waals surface area contributed by atoms with Gasteiger partial charge in [-0.05, 0) is 23.8 Å². The molecule has 0 heterocycles. The number of nitrogen functional groups attached to an aromatic ring is 1. The fourth-order valence-corrected chi connectivity index (χ4v) is 2.17. The van der Waals surface area contributed by atoms with Crippen LogP contribution in [-0.4, -0.2) is 32.6 Å². The number of anilines is 2. The van der Waals surface area contributed by atoms with Crippen LogP contribution in [-0.2, 0) is 20.9 Å². The van der Waals surface area contributed by atoms with E-state index in [-0.39, 0.29) is 18.1 Å². The van der Waals surface area contributed by atoms with Crippen molar-refractivity contribution in [1.82, 2.24) is 0 Å². The zero-order valence-electron chi connectivity index (χ0n) is 13.7. The molecule has 2 aromatic carbocycles. The number of esters is 1. The SMILES string of the molecule is COC(=O)c1ccc(N)cc1N(C)C(=O)COCc1ccccc1. The molecule has 0 aliphatic rings. The Morgan fingerprint density at radius 2 is 1.83 bits per heavy atom. The molecule has 0 aliphatic heterocycles. The molecule has 0 aromatic heterocycles. The first-order chi connectivity index (χ1) is 11.5. The minimum absolute atomic E-state index is 0.110. The van der Waals surface area contributed by atoms with Crippen molar-refractivity contribution in [3.63, 3.8) is 0 Å². The molecule has 6 nitrogen and oxygen atoms in total. The average molecular weight is 328 g/mol. The van der Waals surface area contributed by atoms with E-state index in [4.69, 9.17) is 15.2 Å². The van der Waals surface area contributed by atoms with Gasteiger partial charge in [0.05, 0.1) is 25.0 Å². The van der Waals surface area contributed by atoms with E-state index in [1.165, 1.54) is 18.1 Å². The number of nitrogens with zero attached hydrogens (tertiary/aromatic N) is 1. The molecular formula is C18H20N2O4. The normalized spacial score (nSPS) is 10.2. The summed E-state index contributed by atoms with van der Waals surface area (Å²) in [5.74, 6) is -0.823. The van der Waals surface area contributed by atoms with E-state index in [0.717, 1.165) is 5.56 Å². The minimum Gasteiger partial charge on any atom is -0.465 e. The van der Waals surface area contributed by atoms with E-state index >= 15 is 0 Å². The van der Waals surface area contributed by atoms with Crippen LogP contribution >= 0.6 is 0 Å². The second kappa shape index (κ2) is 8.12. The summed E-state index contributed by atoms with van der Waals surface area (Å²) < 4.78 is 10.2. The number of ether oxygens (including phenoxy) is 2. The number of nitrogens with two attached hydrogens (primary N) is 1. The number of amides is 1. The van der Waals surface area contributed by atoms with E-state index in [0.29, 0.717) is 18.0 Å². The summed E-state index contributed by atoms with van der Waals surface area (Å²) in [5, 5.41) is 0. The van der Waals surface area contributed by atoms with Crippen molar-refractivity contribution in [3.05, 3.63) is 59.7 Å². The molecule has 0 atom stereocenters. The number of carbonyl (C=O) groups excluding carboxylic acids is 2. The lowest BCUT2D eigenvalue weighted by molar-refractivity contribution is -0.123. The smallest absolute Gasteiger partial charge is 0.339 e. The molecule has 0 saturated heterocycles. The molecule has 0 fully saturated rings. The van der Waals surface area contributed by atoms with Gasteiger partial charge in [0.1, 0.15) is 6.61 Å². The van der Waals surface area contributed by atoms with Gasteiger partial charge >= 0.3 is 5.97 Å². The summed E-state index contributed by atoms with van der Waals surface area (Å²) in [6.07, 6.45) is 0. The van der Waals surface area contributed by atoms with Gasteiger partial charge in [-0.15, -0.1) is 0 Å². The van der Waals surface area contributed by atoms with Gasteiger partial charge in [-0.3, -0.25) is 4.79 Å². The minimum atomic E-state index is -0.533. The molecule has 0 spiro atoms. The second-order valence-electron chi connectivity index (χ2n) is 5.20. The summed E-state index contributed by atoms with van der Waals surface area (Å²) in [6.45, 7) is 0.224. The number of hydrogen-bond donors (Lipinski definition) is 1. The summed E-state index contributed by atoms with van der Waals surface area (Å²) in [6, 6.07) is 14.2. The van der Waals surface area contributed by atoms with Crippen molar-refractivity contribution >= 4 is 23.3 Å².